The van der Waals surface area contributed by atoms with Crippen molar-refractivity contribution >= 4 is 11.6 Å². The second-order valence-corrected chi connectivity index (χ2v) is 9.45. The summed E-state index contributed by atoms with van der Waals surface area (Å²) in [5.41, 5.74) is 5.46. The highest BCUT2D eigenvalue weighted by atomic mass is 35.5. The summed E-state index contributed by atoms with van der Waals surface area (Å²) in [6.07, 6.45) is 5.66. The first-order chi connectivity index (χ1) is 17.2. The molecule has 0 atom stereocenters. The molecule has 0 radical (unpaired) electrons. The quantitative estimate of drug-likeness (QED) is 0.342. The van der Waals surface area contributed by atoms with Crippen molar-refractivity contribution in [1.82, 2.24) is 24.8 Å². The maximum atomic E-state index is 6.04. The Labute approximate surface area is 212 Å². The number of pyridine rings is 1. The molecular formula is C29H30ClN5. The van der Waals surface area contributed by atoms with Crippen LogP contribution in [0.25, 0.3) is 22.6 Å². The molecule has 0 unspecified atom stereocenters. The van der Waals surface area contributed by atoms with Gasteiger partial charge in [-0.1, -0.05) is 54.1 Å². The topological polar surface area (TPSA) is 45.2 Å². The second kappa shape index (κ2) is 11.5. The zero-order chi connectivity index (χ0) is 23.9. The predicted molar refractivity (Wildman–Crippen MR) is 142 cm³/mol. The lowest BCUT2D eigenvalue weighted by molar-refractivity contribution is 0.252. The molecule has 3 heterocycles. The predicted octanol–water partition coefficient (Wildman–Crippen LogP) is 5.61. The van der Waals surface area contributed by atoms with E-state index < -0.39 is 0 Å². The van der Waals surface area contributed by atoms with Gasteiger partial charge in [0.15, 0.2) is 5.82 Å². The minimum Gasteiger partial charge on any atom is -0.302 e. The van der Waals surface area contributed by atoms with Crippen molar-refractivity contribution in [3.8, 4) is 22.6 Å². The van der Waals surface area contributed by atoms with Crippen molar-refractivity contribution < 1.29 is 0 Å². The van der Waals surface area contributed by atoms with Crippen molar-refractivity contribution in [3.63, 3.8) is 0 Å². The molecule has 1 aliphatic heterocycles. The Morgan fingerprint density at radius 1 is 0.743 bits per heavy atom. The van der Waals surface area contributed by atoms with Gasteiger partial charge in [0, 0.05) is 66.8 Å². The Hall–Kier alpha value is -3.12. The SMILES string of the molecule is Clc1ccc(CN2CCCN(CCc3cc(-c4ccccc4)nc(-c4ccncc4)n3)CC2)cc1. The van der Waals surface area contributed by atoms with Crippen LogP contribution in [0.1, 0.15) is 17.7 Å². The molecule has 0 aliphatic carbocycles. The smallest absolute Gasteiger partial charge is 0.160 e. The molecule has 5 rings (SSSR count). The van der Waals surface area contributed by atoms with E-state index in [1.807, 2.05) is 30.3 Å². The number of halogens is 1. The van der Waals surface area contributed by atoms with E-state index in [2.05, 4.69) is 57.2 Å². The minimum absolute atomic E-state index is 0.758. The van der Waals surface area contributed by atoms with E-state index in [0.717, 1.165) is 79.1 Å². The standard InChI is InChI=1S/C29H30ClN5/c30-26-9-7-23(8-10-26)22-35-17-4-16-34(19-20-35)18-13-27-21-28(24-5-2-1-3-6-24)33-29(32-27)25-11-14-31-15-12-25/h1-3,5-12,14-15,21H,4,13,16-20,22H2. The van der Waals surface area contributed by atoms with Gasteiger partial charge in [-0.25, -0.2) is 9.97 Å². The third-order valence-electron chi connectivity index (χ3n) is 6.47. The van der Waals surface area contributed by atoms with Gasteiger partial charge in [-0.15, -0.1) is 0 Å². The number of rotatable bonds is 7. The largest absolute Gasteiger partial charge is 0.302 e. The van der Waals surface area contributed by atoms with Gasteiger partial charge in [0.1, 0.15) is 0 Å². The average molecular weight is 484 g/mol. The molecule has 0 spiro atoms. The van der Waals surface area contributed by atoms with E-state index in [9.17, 15) is 0 Å². The summed E-state index contributed by atoms with van der Waals surface area (Å²) in [4.78, 5) is 19.1. The summed E-state index contributed by atoms with van der Waals surface area (Å²) in [5, 5.41) is 0.794. The van der Waals surface area contributed by atoms with Crippen LogP contribution in [0.3, 0.4) is 0 Å². The Morgan fingerprint density at radius 2 is 1.49 bits per heavy atom. The van der Waals surface area contributed by atoms with E-state index in [4.69, 9.17) is 21.6 Å². The van der Waals surface area contributed by atoms with Crippen molar-refractivity contribution in [3.05, 3.63) is 101 Å². The number of benzene rings is 2. The molecule has 1 fully saturated rings. The monoisotopic (exact) mass is 483 g/mol. The molecule has 2 aromatic carbocycles. The van der Waals surface area contributed by atoms with E-state index in [1.165, 1.54) is 12.0 Å². The highest BCUT2D eigenvalue weighted by Crippen LogP contribution is 2.22. The van der Waals surface area contributed by atoms with Gasteiger partial charge in [0.2, 0.25) is 0 Å². The van der Waals surface area contributed by atoms with Crippen LogP contribution in [-0.2, 0) is 13.0 Å². The van der Waals surface area contributed by atoms with Crippen LogP contribution in [0, 0.1) is 0 Å². The highest BCUT2D eigenvalue weighted by molar-refractivity contribution is 6.30. The Bertz CT molecular complexity index is 1160. The molecule has 0 N–H and O–H groups in total. The summed E-state index contributed by atoms with van der Waals surface area (Å²) in [6, 6.07) is 24.6. The van der Waals surface area contributed by atoms with Gasteiger partial charge in [0.25, 0.3) is 0 Å². The Kier molecular flexibility index (Phi) is 7.79. The third kappa shape index (κ3) is 6.51. The second-order valence-electron chi connectivity index (χ2n) is 9.02. The molecule has 5 nitrogen and oxygen atoms in total. The van der Waals surface area contributed by atoms with Crippen LogP contribution in [0.2, 0.25) is 5.02 Å². The molecule has 1 saturated heterocycles. The highest BCUT2D eigenvalue weighted by Gasteiger charge is 2.16. The molecule has 35 heavy (non-hydrogen) atoms. The first-order valence-electron chi connectivity index (χ1n) is 12.3. The lowest BCUT2D eigenvalue weighted by Gasteiger charge is -2.22. The molecule has 178 valence electrons. The van der Waals surface area contributed by atoms with Gasteiger partial charge in [-0.2, -0.15) is 0 Å². The lowest BCUT2D eigenvalue weighted by atomic mass is 10.1. The molecular weight excluding hydrogens is 454 g/mol. The minimum atomic E-state index is 0.758. The van der Waals surface area contributed by atoms with E-state index >= 15 is 0 Å². The first kappa shape index (κ1) is 23.6. The number of nitrogens with zero attached hydrogens (tertiary/aromatic N) is 5. The van der Waals surface area contributed by atoms with Crippen LogP contribution in [0.5, 0.6) is 0 Å². The summed E-state index contributed by atoms with van der Waals surface area (Å²) in [6.45, 7) is 6.36. The van der Waals surface area contributed by atoms with Crippen LogP contribution < -0.4 is 0 Å². The molecule has 6 heteroatoms. The molecule has 2 aromatic heterocycles. The van der Waals surface area contributed by atoms with Crippen molar-refractivity contribution in [2.45, 2.75) is 19.4 Å². The van der Waals surface area contributed by atoms with E-state index in [-0.39, 0.29) is 0 Å². The van der Waals surface area contributed by atoms with Crippen LogP contribution >= 0.6 is 11.6 Å². The fraction of sp³-hybridized carbons (Fsp3) is 0.276. The fourth-order valence-corrected chi connectivity index (χ4v) is 4.67. The summed E-state index contributed by atoms with van der Waals surface area (Å²) < 4.78 is 0. The van der Waals surface area contributed by atoms with Crippen LogP contribution in [0.4, 0.5) is 0 Å². The Balaban J connectivity index is 1.26. The fourth-order valence-electron chi connectivity index (χ4n) is 4.54. The molecule has 0 amide bonds. The number of hydrogen-bond donors (Lipinski definition) is 0. The zero-order valence-electron chi connectivity index (χ0n) is 19.9. The number of hydrogen-bond acceptors (Lipinski definition) is 5. The maximum Gasteiger partial charge on any atom is 0.160 e. The summed E-state index contributed by atoms with van der Waals surface area (Å²) >= 11 is 6.04. The molecule has 4 aromatic rings. The normalized spacial score (nSPS) is 15.1. The zero-order valence-corrected chi connectivity index (χ0v) is 20.6. The molecule has 0 saturated carbocycles. The molecule has 0 bridgehead atoms. The third-order valence-corrected chi connectivity index (χ3v) is 6.72. The average Bonchev–Trinajstić information content (AvgIpc) is 3.14. The number of aromatic nitrogens is 3. The van der Waals surface area contributed by atoms with Gasteiger partial charge in [0.05, 0.1) is 5.69 Å². The van der Waals surface area contributed by atoms with Gasteiger partial charge in [-0.05, 0) is 55.4 Å². The van der Waals surface area contributed by atoms with E-state index in [0.29, 0.717) is 0 Å². The van der Waals surface area contributed by atoms with Crippen molar-refractivity contribution in [1.29, 1.82) is 0 Å². The van der Waals surface area contributed by atoms with Crippen molar-refractivity contribution in [2.24, 2.45) is 0 Å². The van der Waals surface area contributed by atoms with Gasteiger partial charge < -0.3 is 4.90 Å². The van der Waals surface area contributed by atoms with Gasteiger partial charge in [-0.3, -0.25) is 9.88 Å². The summed E-state index contributed by atoms with van der Waals surface area (Å²) in [5.74, 6) is 0.758. The lowest BCUT2D eigenvalue weighted by Crippen LogP contribution is -2.32. The van der Waals surface area contributed by atoms with Crippen molar-refractivity contribution in [2.75, 3.05) is 32.7 Å². The van der Waals surface area contributed by atoms with Gasteiger partial charge >= 0.3 is 0 Å². The summed E-state index contributed by atoms with van der Waals surface area (Å²) in [7, 11) is 0. The Morgan fingerprint density at radius 3 is 2.29 bits per heavy atom. The molecule has 1 aliphatic rings. The maximum absolute atomic E-state index is 6.04. The van der Waals surface area contributed by atoms with E-state index in [1.54, 1.807) is 12.4 Å². The van der Waals surface area contributed by atoms with Crippen LogP contribution in [-0.4, -0.2) is 57.5 Å². The van der Waals surface area contributed by atoms with Crippen LogP contribution in [0.15, 0.2) is 85.2 Å². The first-order valence-corrected chi connectivity index (χ1v) is 12.6.